The first-order chi connectivity index (χ1) is 10.1. The van der Waals surface area contributed by atoms with Gasteiger partial charge in [0.2, 0.25) is 5.78 Å². The topological polar surface area (TPSA) is 86.5 Å². The summed E-state index contributed by atoms with van der Waals surface area (Å²) < 4.78 is 1.39. The maximum absolute atomic E-state index is 12.2. The molecule has 0 saturated carbocycles. The van der Waals surface area contributed by atoms with E-state index in [0.717, 1.165) is 11.4 Å². The maximum Gasteiger partial charge on any atom is 0.252 e. The zero-order valence-corrected chi connectivity index (χ0v) is 11.6. The summed E-state index contributed by atoms with van der Waals surface area (Å²) in [6.07, 6.45) is 3.07. The van der Waals surface area contributed by atoms with Gasteiger partial charge in [0.25, 0.3) is 5.95 Å². The number of rotatable bonds is 3. The van der Waals surface area contributed by atoms with Gasteiger partial charge in [-0.15, -0.1) is 5.10 Å². The second kappa shape index (κ2) is 5.20. The number of hydrogen-bond donors (Lipinski definition) is 0. The lowest BCUT2D eigenvalue weighted by Crippen LogP contribution is -2.05. The molecular formula is C14H12N6O. The van der Waals surface area contributed by atoms with E-state index >= 15 is 0 Å². The molecule has 0 atom stereocenters. The molecule has 0 saturated heterocycles. The van der Waals surface area contributed by atoms with Gasteiger partial charge in [0.1, 0.15) is 5.69 Å². The lowest BCUT2D eigenvalue weighted by molar-refractivity contribution is 0.102. The van der Waals surface area contributed by atoms with Gasteiger partial charge in [-0.1, -0.05) is 11.3 Å². The molecule has 21 heavy (non-hydrogen) atoms. The molecule has 0 amide bonds. The quantitative estimate of drug-likeness (QED) is 0.672. The van der Waals surface area contributed by atoms with E-state index in [1.54, 1.807) is 24.4 Å². The first-order valence-corrected chi connectivity index (χ1v) is 6.34. The summed E-state index contributed by atoms with van der Waals surface area (Å²) in [6.45, 7) is 3.74. The number of hydrogen-bond acceptors (Lipinski definition) is 6. The lowest BCUT2D eigenvalue weighted by Gasteiger charge is -2.01. The Morgan fingerprint density at radius 2 is 1.86 bits per heavy atom. The number of aryl methyl sites for hydroxylation is 2. The number of ketones is 1. The van der Waals surface area contributed by atoms with Crippen LogP contribution in [0, 0.1) is 13.8 Å². The summed E-state index contributed by atoms with van der Waals surface area (Å²) in [6, 6.07) is 6.99. The highest BCUT2D eigenvalue weighted by Gasteiger charge is 2.15. The zero-order chi connectivity index (χ0) is 14.8. The Bertz CT molecular complexity index is 776. The molecule has 3 heterocycles. The van der Waals surface area contributed by atoms with E-state index in [4.69, 9.17) is 0 Å². The predicted molar refractivity (Wildman–Crippen MR) is 74.1 cm³/mol. The number of carbonyl (C=O) groups is 1. The van der Waals surface area contributed by atoms with Gasteiger partial charge < -0.3 is 0 Å². The molecule has 0 fully saturated rings. The fourth-order valence-electron chi connectivity index (χ4n) is 1.90. The van der Waals surface area contributed by atoms with Crippen molar-refractivity contribution in [2.24, 2.45) is 0 Å². The van der Waals surface area contributed by atoms with Crippen LogP contribution in [0.2, 0.25) is 0 Å². The van der Waals surface area contributed by atoms with Crippen molar-refractivity contribution in [3.05, 3.63) is 59.4 Å². The highest BCUT2D eigenvalue weighted by Crippen LogP contribution is 2.07. The molecule has 3 aromatic heterocycles. The molecule has 0 spiro atoms. The van der Waals surface area contributed by atoms with Crippen LogP contribution in [0.25, 0.3) is 5.95 Å². The third-order valence-corrected chi connectivity index (χ3v) is 2.80. The molecule has 3 aromatic rings. The molecule has 0 aliphatic heterocycles. The summed E-state index contributed by atoms with van der Waals surface area (Å²) in [4.78, 5) is 24.8. The second-order valence-electron chi connectivity index (χ2n) is 4.54. The molecule has 7 heteroatoms. The number of aromatic nitrogens is 6. The Morgan fingerprint density at radius 3 is 2.52 bits per heavy atom. The highest BCUT2D eigenvalue weighted by molar-refractivity contribution is 6.06. The predicted octanol–water partition coefficient (Wildman–Crippen LogP) is 1.30. The normalized spacial score (nSPS) is 10.6. The van der Waals surface area contributed by atoms with Crippen molar-refractivity contribution >= 4 is 5.78 Å². The Labute approximate surface area is 120 Å². The zero-order valence-electron chi connectivity index (χ0n) is 11.6. The van der Waals surface area contributed by atoms with Crippen LogP contribution in [0.1, 0.15) is 27.6 Å². The van der Waals surface area contributed by atoms with Crippen molar-refractivity contribution in [1.82, 2.24) is 29.9 Å². The van der Waals surface area contributed by atoms with Crippen molar-refractivity contribution in [2.75, 3.05) is 0 Å². The monoisotopic (exact) mass is 280 g/mol. The van der Waals surface area contributed by atoms with E-state index in [1.807, 2.05) is 19.9 Å². The van der Waals surface area contributed by atoms with E-state index in [1.165, 1.54) is 10.9 Å². The molecule has 0 aromatic carbocycles. The average Bonchev–Trinajstić information content (AvgIpc) is 2.96. The van der Waals surface area contributed by atoms with E-state index < -0.39 is 0 Å². The Kier molecular flexibility index (Phi) is 3.23. The van der Waals surface area contributed by atoms with E-state index in [9.17, 15) is 4.79 Å². The van der Waals surface area contributed by atoms with Gasteiger partial charge in [-0.3, -0.25) is 9.78 Å². The van der Waals surface area contributed by atoms with Crippen LogP contribution in [-0.2, 0) is 0 Å². The number of carbonyl (C=O) groups excluding carboxylic acids is 1. The highest BCUT2D eigenvalue weighted by atomic mass is 16.1. The third kappa shape index (κ3) is 2.66. The molecule has 3 rings (SSSR count). The standard InChI is InChI=1S/C14H12N6O/c1-9-7-10(2)17-14(16-9)20-8-12(18-19-20)13(21)11-5-3-4-6-15-11/h3-8H,1-2H3. The van der Waals surface area contributed by atoms with Crippen LogP contribution in [0.4, 0.5) is 0 Å². The number of pyridine rings is 1. The molecule has 0 radical (unpaired) electrons. The first kappa shape index (κ1) is 13.0. The van der Waals surface area contributed by atoms with Crippen LogP contribution >= 0.6 is 0 Å². The fourth-order valence-corrected chi connectivity index (χ4v) is 1.90. The van der Waals surface area contributed by atoms with Crippen molar-refractivity contribution in [1.29, 1.82) is 0 Å². The summed E-state index contributed by atoms with van der Waals surface area (Å²) in [5.74, 6) is 0.103. The van der Waals surface area contributed by atoms with Gasteiger partial charge in [-0.05, 0) is 32.0 Å². The summed E-state index contributed by atoms with van der Waals surface area (Å²) in [5, 5.41) is 7.78. The Hall–Kier alpha value is -2.96. The molecule has 0 N–H and O–H groups in total. The van der Waals surface area contributed by atoms with Crippen molar-refractivity contribution in [3.8, 4) is 5.95 Å². The van der Waals surface area contributed by atoms with Crippen molar-refractivity contribution in [2.45, 2.75) is 13.8 Å². The van der Waals surface area contributed by atoms with Crippen LogP contribution in [0.15, 0.2) is 36.7 Å². The molecule has 0 unspecified atom stereocenters. The molecule has 0 aliphatic rings. The minimum absolute atomic E-state index is 0.205. The van der Waals surface area contributed by atoms with E-state index in [0.29, 0.717) is 11.6 Å². The minimum Gasteiger partial charge on any atom is -0.285 e. The van der Waals surface area contributed by atoms with Crippen molar-refractivity contribution in [3.63, 3.8) is 0 Å². The van der Waals surface area contributed by atoms with Crippen molar-refractivity contribution < 1.29 is 4.79 Å². The first-order valence-electron chi connectivity index (χ1n) is 6.34. The minimum atomic E-state index is -0.286. The smallest absolute Gasteiger partial charge is 0.252 e. The molecule has 7 nitrogen and oxygen atoms in total. The summed E-state index contributed by atoms with van der Waals surface area (Å²) in [5.41, 5.74) is 2.18. The molecular weight excluding hydrogens is 268 g/mol. The van der Waals surface area contributed by atoms with Crippen LogP contribution in [-0.4, -0.2) is 35.7 Å². The van der Waals surface area contributed by atoms with Crippen LogP contribution < -0.4 is 0 Å². The molecule has 0 bridgehead atoms. The van der Waals surface area contributed by atoms with Gasteiger partial charge in [0, 0.05) is 17.6 Å². The molecule has 0 aliphatic carbocycles. The van der Waals surface area contributed by atoms with E-state index in [-0.39, 0.29) is 11.5 Å². The van der Waals surface area contributed by atoms with Gasteiger partial charge in [-0.2, -0.15) is 4.68 Å². The van der Waals surface area contributed by atoms with Gasteiger partial charge in [0.05, 0.1) is 6.20 Å². The van der Waals surface area contributed by atoms with Gasteiger partial charge >= 0.3 is 0 Å². The average molecular weight is 280 g/mol. The van der Waals surface area contributed by atoms with Gasteiger partial charge in [-0.25, -0.2) is 9.97 Å². The Balaban J connectivity index is 1.95. The lowest BCUT2D eigenvalue weighted by atomic mass is 10.2. The number of nitrogens with zero attached hydrogens (tertiary/aromatic N) is 6. The van der Waals surface area contributed by atoms with Gasteiger partial charge in [0.15, 0.2) is 5.69 Å². The summed E-state index contributed by atoms with van der Waals surface area (Å²) >= 11 is 0. The molecule has 104 valence electrons. The van der Waals surface area contributed by atoms with Crippen LogP contribution in [0.3, 0.4) is 0 Å². The summed E-state index contributed by atoms with van der Waals surface area (Å²) in [7, 11) is 0. The van der Waals surface area contributed by atoms with Crippen LogP contribution in [0.5, 0.6) is 0 Å². The fraction of sp³-hybridized carbons (Fsp3) is 0.143. The maximum atomic E-state index is 12.2. The van der Waals surface area contributed by atoms with E-state index in [2.05, 4.69) is 25.3 Å². The largest absolute Gasteiger partial charge is 0.285 e. The second-order valence-corrected chi connectivity index (χ2v) is 4.54. The Morgan fingerprint density at radius 1 is 1.10 bits per heavy atom. The third-order valence-electron chi connectivity index (χ3n) is 2.80. The SMILES string of the molecule is Cc1cc(C)nc(-n2cc(C(=O)c3ccccn3)nn2)n1.